The van der Waals surface area contributed by atoms with Gasteiger partial charge in [-0.3, -0.25) is 9.36 Å². The number of thiazole rings is 1. The van der Waals surface area contributed by atoms with Gasteiger partial charge in [-0.25, -0.2) is 9.79 Å². The molecule has 236 valence electrons. The molecule has 0 saturated carbocycles. The Labute approximate surface area is 281 Å². The third-order valence-electron chi connectivity index (χ3n) is 8.58. The highest BCUT2D eigenvalue weighted by molar-refractivity contribution is 7.07. The number of hydrogen-bond donors (Lipinski definition) is 0. The van der Waals surface area contributed by atoms with Crippen molar-refractivity contribution in [2.45, 2.75) is 60.0 Å². The zero-order chi connectivity index (χ0) is 32.9. The van der Waals surface area contributed by atoms with E-state index in [9.17, 15) is 9.59 Å². The third kappa shape index (κ3) is 5.76. The summed E-state index contributed by atoms with van der Waals surface area (Å²) >= 11 is 14.1. The van der Waals surface area contributed by atoms with Crippen LogP contribution in [0.15, 0.2) is 81.7 Å². The number of carbonyl (C=O) groups is 1. The SMILES string of the molecule is CCOC(=O)C1=C(C)N=c2s/c(=C\c3c(C)n(Cc4ccc(Cl)cc4Cl)c4ccc(C)cc34)c(=O)n2[C@@H]1c1ccc(C(C)C)cc1. The maximum atomic E-state index is 14.4. The van der Waals surface area contributed by atoms with E-state index in [1.165, 1.54) is 16.9 Å². The molecule has 0 N–H and O–H groups in total. The van der Waals surface area contributed by atoms with Crippen molar-refractivity contribution in [3.63, 3.8) is 0 Å². The van der Waals surface area contributed by atoms with Crippen LogP contribution in [0.4, 0.5) is 0 Å². The topological polar surface area (TPSA) is 65.6 Å². The maximum Gasteiger partial charge on any atom is 0.338 e. The molecule has 0 bridgehead atoms. The lowest BCUT2D eigenvalue weighted by Crippen LogP contribution is -2.40. The number of aryl methyl sites for hydroxylation is 1. The van der Waals surface area contributed by atoms with E-state index >= 15 is 0 Å². The second-order valence-corrected chi connectivity index (χ2v) is 13.8. The van der Waals surface area contributed by atoms with Gasteiger partial charge in [0.2, 0.25) is 0 Å². The van der Waals surface area contributed by atoms with Gasteiger partial charge >= 0.3 is 5.97 Å². The van der Waals surface area contributed by atoms with Crippen LogP contribution in [-0.2, 0) is 16.1 Å². The normalized spacial score (nSPS) is 15.1. The summed E-state index contributed by atoms with van der Waals surface area (Å²) in [7, 11) is 0. The van der Waals surface area contributed by atoms with Crippen molar-refractivity contribution in [2.75, 3.05) is 6.61 Å². The fourth-order valence-corrected chi connectivity index (χ4v) is 7.63. The minimum atomic E-state index is -0.657. The van der Waals surface area contributed by atoms with E-state index in [2.05, 4.69) is 62.6 Å². The predicted molar refractivity (Wildman–Crippen MR) is 188 cm³/mol. The maximum absolute atomic E-state index is 14.4. The van der Waals surface area contributed by atoms with Crippen molar-refractivity contribution < 1.29 is 9.53 Å². The van der Waals surface area contributed by atoms with Gasteiger partial charge in [0, 0.05) is 38.8 Å². The number of hydrogen-bond acceptors (Lipinski definition) is 5. The van der Waals surface area contributed by atoms with Crippen LogP contribution in [0, 0.1) is 13.8 Å². The number of ether oxygens (including phenoxy) is 1. The van der Waals surface area contributed by atoms with E-state index < -0.39 is 12.0 Å². The second-order valence-electron chi connectivity index (χ2n) is 12.0. The second kappa shape index (κ2) is 12.7. The summed E-state index contributed by atoms with van der Waals surface area (Å²) in [6, 6.07) is 19.3. The third-order valence-corrected chi connectivity index (χ3v) is 10.2. The molecular formula is C37H35Cl2N3O3S. The summed E-state index contributed by atoms with van der Waals surface area (Å²) in [6.45, 7) is 12.7. The van der Waals surface area contributed by atoms with E-state index in [0.29, 0.717) is 43.1 Å². The zero-order valence-electron chi connectivity index (χ0n) is 26.7. The fraction of sp³-hybridized carbons (Fsp3) is 0.270. The van der Waals surface area contributed by atoms with E-state index in [4.69, 9.17) is 32.9 Å². The fourth-order valence-electron chi connectivity index (χ4n) is 6.13. The molecule has 46 heavy (non-hydrogen) atoms. The van der Waals surface area contributed by atoms with E-state index in [0.717, 1.165) is 38.9 Å². The van der Waals surface area contributed by atoms with Gasteiger partial charge in [-0.15, -0.1) is 0 Å². The summed E-state index contributed by atoms with van der Waals surface area (Å²) in [6.07, 6.45) is 1.96. The monoisotopic (exact) mass is 671 g/mol. The van der Waals surface area contributed by atoms with Crippen LogP contribution in [-0.4, -0.2) is 21.7 Å². The van der Waals surface area contributed by atoms with E-state index in [1.54, 1.807) is 24.5 Å². The number of esters is 1. The summed E-state index contributed by atoms with van der Waals surface area (Å²) < 4.78 is 9.87. The minimum Gasteiger partial charge on any atom is -0.463 e. The number of benzene rings is 3. The Kier molecular flexibility index (Phi) is 8.85. The molecule has 1 atom stereocenters. The molecule has 0 saturated heterocycles. The average molecular weight is 673 g/mol. The Morgan fingerprint density at radius 2 is 1.78 bits per heavy atom. The van der Waals surface area contributed by atoms with Crippen LogP contribution in [0.2, 0.25) is 10.0 Å². The number of nitrogens with zero attached hydrogens (tertiary/aromatic N) is 3. The number of carbonyl (C=O) groups excluding carboxylic acids is 1. The molecule has 6 nitrogen and oxygen atoms in total. The molecule has 0 radical (unpaired) electrons. The summed E-state index contributed by atoms with van der Waals surface area (Å²) in [4.78, 5) is 33.0. The highest BCUT2D eigenvalue weighted by atomic mass is 35.5. The minimum absolute atomic E-state index is 0.204. The first kappa shape index (κ1) is 32.0. The molecule has 6 rings (SSSR count). The molecule has 0 unspecified atom stereocenters. The van der Waals surface area contributed by atoms with Crippen LogP contribution < -0.4 is 14.9 Å². The molecule has 3 aromatic carbocycles. The van der Waals surface area contributed by atoms with E-state index in [-0.39, 0.29) is 12.2 Å². The molecule has 3 heterocycles. The lowest BCUT2D eigenvalue weighted by molar-refractivity contribution is -0.139. The summed E-state index contributed by atoms with van der Waals surface area (Å²) in [5, 5.41) is 2.23. The highest BCUT2D eigenvalue weighted by Gasteiger charge is 2.33. The van der Waals surface area contributed by atoms with Crippen molar-refractivity contribution in [3.8, 4) is 0 Å². The standard InChI is InChI=1S/C37H35Cl2N3O3S/c1-7-45-36(44)33-22(5)40-37-42(34(33)25-11-9-24(10-12-25)20(2)3)35(43)32(46-37)18-28-23(6)41(31-15-8-21(4)16-29(28)31)19-26-13-14-27(38)17-30(26)39/h8-18,20,34H,7,19H2,1-6H3/b32-18-/t34-/m1/s1. The van der Waals surface area contributed by atoms with Gasteiger partial charge in [0.1, 0.15) is 0 Å². The van der Waals surface area contributed by atoms with Crippen LogP contribution in [0.5, 0.6) is 0 Å². The number of allylic oxidation sites excluding steroid dienone is 1. The average Bonchev–Trinajstić information content (AvgIpc) is 3.45. The van der Waals surface area contributed by atoms with Gasteiger partial charge in [-0.1, -0.05) is 90.3 Å². The quantitative estimate of drug-likeness (QED) is 0.166. The van der Waals surface area contributed by atoms with Crippen molar-refractivity contribution in [3.05, 3.63) is 135 Å². The number of aromatic nitrogens is 2. The van der Waals surface area contributed by atoms with Crippen molar-refractivity contribution in [1.29, 1.82) is 0 Å². The molecule has 5 aromatic rings. The Balaban J connectivity index is 1.55. The summed E-state index contributed by atoms with van der Waals surface area (Å²) in [5.41, 5.74) is 7.78. The number of fused-ring (bicyclic) bond motifs is 2. The molecule has 0 spiro atoms. The van der Waals surface area contributed by atoms with Gasteiger partial charge in [0.25, 0.3) is 5.56 Å². The molecule has 1 aliphatic rings. The first-order valence-corrected chi connectivity index (χ1v) is 16.9. The van der Waals surface area contributed by atoms with Gasteiger partial charge in [-0.05, 0) is 80.6 Å². The summed E-state index contributed by atoms with van der Waals surface area (Å²) in [5.74, 6) is -0.117. The van der Waals surface area contributed by atoms with Crippen LogP contribution in [0.3, 0.4) is 0 Å². The van der Waals surface area contributed by atoms with Crippen molar-refractivity contribution in [1.82, 2.24) is 9.13 Å². The van der Waals surface area contributed by atoms with Crippen LogP contribution >= 0.6 is 34.5 Å². The lowest BCUT2D eigenvalue weighted by Gasteiger charge is -2.25. The number of halogens is 2. The molecule has 1 aliphatic heterocycles. The van der Waals surface area contributed by atoms with Crippen molar-refractivity contribution in [2.24, 2.45) is 4.99 Å². The van der Waals surface area contributed by atoms with Gasteiger partial charge < -0.3 is 9.30 Å². The Morgan fingerprint density at radius 1 is 1.04 bits per heavy atom. The molecule has 0 aliphatic carbocycles. The molecule has 2 aromatic heterocycles. The Morgan fingerprint density at radius 3 is 2.46 bits per heavy atom. The lowest BCUT2D eigenvalue weighted by atomic mass is 9.93. The zero-order valence-corrected chi connectivity index (χ0v) is 29.0. The number of rotatable bonds is 7. The highest BCUT2D eigenvalue weighted by Crippen LogP contribution is 2.33. The first-order chi connectivity index (χ1) is 22.0. The van der Waals surface area contributed by atoms with Crippen LogP contribution in [0.25, 0.3) is 17.0 Å². The van der Waals surface area contributed by atoms with Crippen molar-refractivity contribution >= 4 is 57.5 Å². The van der Waals surface area contributed by atoms with Crippen LogP contribution in [0.1, 0.15) is 73.2 Å². The van der Waals surface area contributed by atoms with Gasteiger partial charge in [0.05, 0.1) is 28.5 Å². The van der Waals surface area contributed by atoms with Gasteiger partial charge in [-0.2, -0.15) is 0 Å². The molecule has 0 fully saturated rings. The Bertz CT molecular complexity index is 2220. The predicted octanol–water partition coefficient (Wildman–Crippen LogP) is 7.85. The molecule has 9 heteroatoms. The molecule has 0 amide bonds. The van der Waals surface area contributed by atoms with Gasteiger partial charge in [0.15, 0.2) is 4.80 Å². The van der Waals surface area contributed by atoms with E-state index in [1.807, 2.05) is 30.3 Å². The first-order valence-electron chi connectivity index (χ1n) is 15.3. The largest absolute Gasteiger partial charge is 0.463 e. The smallest absolute Gasteiger partial charge is 0.338 e. The molecular weight excluding hydrogens is 637 g/mol. The Hall–Kier alpha value is -3.91.